The van der Waals surface area contributed by atoms with E-state index in [0.29, 0.717) is 18.3 Å². The van der Waals surface area contributed by atoms with Crippen LogP contribution in [0, 0.1) is 27.7 Å². The molecule has 2 heterocycles. The lowest BCUT2D eigenvalue weighted by molar-refractivity contribution is 0.0945. The average molecular weight is 378 g/mol. The molecule has 2 aromatic rings. The van der Waals surface area contributed by atoms with Gasteiger partial charge in [-0.1, -0.05) is 22.9 Å². The molecule has 1 fully saturated rings. The number of aromatic nitrogens is 3. The van der Waals surface area contributed by atoms with Crippen LogP contribution in [0.2, 0.25) is 0 Å². The van der Waals surface area contributed by atoms with Gasteiger partial charge >= 0.3 is 0 Å². The zero-order chi connectivity index (χ0) is 18.0. The molecule has 7 heteroatoms. The summed E-state index contributed by atoms with van der Waals surface area (Å²) in [7, 11) is 0. The number of halogens is 1. The van der Waals surface area contributed by atoms with Gasteiger partial charge in [0.15, 0.2) is 5.69 Å². The van der Waals surface area contributed by atoms with Crippen LogP contribution in [0.15, 0.2) is 12.1 Å². The van der Waals surface area contributed by atoms with Gasteiger partial charge in [0.25, 0.3) is 5.91 Å². The van der Waals surface area contributed by atoms with Crippen molar-refractivity contribution >= 4 is 18.3 Å². The molecule has 0 unspecified atom stereocenters. The van der Waals surface area contributed by atoms with Crippen LogP contribution >= 0.6 is 12.4 Å². The summed E-state index contributed by atoms with van der Waals surface area (Å²) in [6, 6.07) is 4.62. The third-order valence-corrected chi connectivity index (χ3v) is 5.06. The molecule has 1 aromatic heterocycles. The van der Waals surface area contributed by atoms with Crippen molar-refractivity contribution in [2.75, 3.05) is 13.1 Å². The van der Waals surface area contributed by atoms with E-state index < -0.39 is 0 Å². The van der Waals surface area contributed by atoms with Crippen LogP contribution in [0.25, 0.3) is 0 Å². The number of amides is 1. The molecule has 0 radical (unpaired) electrons. The lowest BCUT2D eigenvalue weighted by atomic mass is 10.00. The second-order valence-electron chi connectivity index (χ2n) is 7.01. The Morgan fingerprint density at radius 2 is 1.81 bits per heavy atom. The van der Waals surface area contributed by atoms with E-state index in [4.69, 9.17) is 0 Å². The quantitative estimate of drug-likeness (QED) is 0.859. The van der Waals surface area contributed by atoms with Crippen molar-refractivity contribution in [2.45, 2.75) is 53.1 Å². The molecular weight excluding hydrogens is 350 g/mol. The van der Waals surface area contributed by atoms with E-state index >= 15 is 0 Å². The highest BCUT2D eigenvalue weighted by molar-refractivity contribution is 5.93. The number of piperidine rings is 1. The molecule has 1 aliphatic heterocycles. The summed E-state index contributed by atoms with van der Waals surface area (Å²) in [4.78, 5) is 12.6. The van der Waals surface area contributed by atoms with Crippen molar-refractivity contribution in [1.82, 2.24) is 25.6 Å². The summed E-state index contributed by atoms with van der Waals surface area (Å²) < 4.78 is 1.91. The van der Waals surface area contributed by atoms with Crippen molar-refractivity contribution in [3.63, 3.8) is 0 Å². The topological polar surface area (TPSA) is 71.8 Å². The summed E-state index contributed by atoms with van der Waals surface area (Å²) in [5, 5.41) is 14.7. The molecule has 0 atom stereocenters. The minimum Gasteiger partial charge on any atom is -0.346 e. The van der Waals surface area contributed by atoms with Crippen LogP contribution in [0.5, 0.6) is 0 Å². The number of nitrogens with zero attached hydrogens (tertiary/aromatic N) is 3. The van der Waals surface area contributed by atoms with Gasteiger partial charge in [-0.05, 0) is 70.3 Å². The van der Waals surface area contributed by atoms with Gasteiger partial charge in [0, 0.05) is 6.54 Å². The van der Waals surface area contributed by atoms with Crippen LogP contribution in [0.4, 0.5) is 0 Å². The number of nitrogens with one attached hydrogen (secondary N) is 2. The Morgan fingerprint density at radius 3 is 2.42 bits per heavy atom. The maximum Gasteiger partial charge on any atom is 0.274 e. The first-order valence-corrected chi connectivity index (χ1v) is 8.94. The standard InChI is InChI=1S/C19H27N5O.ClH/c1-12-9-13(2)17(14(3)10-12)11-21-19(25)18-15(4)24(23-22-18)16-5-7-20-8-6-16;/h9-10,16,20H,5-8,11H2,1-4H3,(H,21,25);1H. The molecule has 6 nitrogen and oxygen atoms in total. The Balaban J connectivity index is 0.00000243. The van der Waals surface area contributed by atoms with Crippen molar-refractivity contribution < 1.29 is 4.79 Å². The minimum atomic E-state index is -0.156. The molecule has 0 saturated carbocycles. The number of carbonyl (C=O) groups excluding carboxylic acids is 1. The third kappa shape index (κ3) is 4.24. The van der Waals surface area contributed by atoms with Crippen LogP contribution in [-0.2, 0) is 6.54 Å². The lowest BCUT2D eigenvalue weighted by Crippen LogP contribution is -2.30. The predicted octanol–water partition coefficient (Wildman–Crippen LogP) is 2.79. The molecule has 1 aromatic carbocycles. The maximum absolute atomic E-state index is 12.6. The molecule has 0 bridgehead atoms. The van der Waals surface area contributed by atoms with E-state index in [0.717, 1.165) is 31.6 Å². The van der Waals surface area contributed by atoms with Crippen LogP contribution in [-0.4, -0.2) is 34.0 Å². The van der Waals surface area contributed by atoms with Gasteiger partial charge in [0.1, 0.15) is 0 Å². The Morgan fingerprint density at radius 1 is 1.19 bits per heavy atom. The van der Waals surface area contributed by atoms with Gasteiger partial charge in [-0.15, -0.1) is 17.5 Å². The monoisotopic (exact) mass is 377 g/mol. The molecule has 0 spiro atoms. The van der Waals surface area contributed by atoms with Gasteiger partial charge < -0.3 is 10.6 Å². The van der Waals surface area contributed by atoms with Crippen LogP contribution in [0.1, 0.15) is 57.3 Å². The molecule has 0 aliphatic carbocycles. The van der Waals surface area contributed by atoms with Gasteiger partial charge in [0.05, 0.1) is 11.7 Å². The van der Waals surface area contributed by atoms with Gasteiger partial charge in [0.2, 0.25) is 0 Å². The van der Waals surface area contributed by atoms with E-state index in [1.165, 1.54) is 22.3 Å². The van der Waals surface area contributed by atoms with E-state index in [-0.39, 0.29) is 18.3 Å². The summed E-state index contributed by atoms with van der Waals surface area (Å²) in [6.45, 7) is 10.7. The molecular formula is C19H28ClN5O. The summed E-state index contributed by atoms with van der Waals surface area (Å²) in [5.41, 5.74) is 6.09. The van der Waals surface area contributed by atoms with E-state index in [1.807, 2.05) is 11.6 Å². The number of carbonyl (C=O) groups is 1. The number of benzene rings is 1. The van der Waals surface area contributed by atoms with E-state index in [9.17, 15) is 4.79 Å². The smallest absolute Gasteiger partial charge is 0.274 e. The first-order chi connectivity index (χ1) is 12.0. The van der Waals surface area contributed by atoms with Crippen LogP contribution < -0.4 is 10.6 Å². The van der Waals surface area contributed by atoms with Gasteiger partial charge in [-0.2, -0.15) is 0 Å². The third-order valence-electron chi connectivity index (χ3n) is 5.06. The second-order valence-corrected chi connectivity index (χ2v) is 7.01. The van der Waals surface area contributed by atoms with Crippen molar-refractivity contribution in [1.29, 1.82) is 0 Å². The fourth-order valence-corrected chi connectivity index (χ4v) is 3.69. The van der Waals surface area contributed by atoms with Crippen LogP contribution in [0.3, 0.4) is 0 Å². The number of aryl methyl sites for hydroxylation is 3. The Labute approximate surface area is 161 Å². The largest absolute Gasteiger partial charge is 0.346 e. The SMILES string of the molecule is Cc1cc(C)c(CNC(=O)c2nnn(C3CCNCC3)c2C)c(C)c1.Cl. The van der Waals surface area contributed by atoms with E-state index in [2.05, 4.69) is 53.8 Å². The highest BCUT2D eigenvalue weighted by Gasteiger charge is 2.22. The average Bonchev–Trinajstić information content (AvgIpc) is 2.96. The zero-order valence-electron chi connectivity index (χ0n) is 15.9. The van der Waals surface area contributed by atoms with Crippen molar-refractivity contribution in [3.8, 4) is 0 Å². The minimum absolute atomic E-state index is 0. The Hall–Kier alpha value is -1.92. The van der Waals surface area contributed by atoms with Crippen molar-refractivity contribution in [3.05, 3.63) is 45.8 Å². The lowest BCUT2D eigenvalue weighted by Gasteiger charge is -2.23. The second kappa shape index (κ2) is 8.64. The van der Waals surface area contributed by atoms with E-state index in [1.54, 1.807) is 0 Å². The Bertz CT molecular complexity index is 757. The molecule has 142 valence electrons. The van der Waals surface area contributed by atoms with Gasteiger partial charge in [-0.3, -0.25) is 4.79 Å². The highest BCUT2D eigenvalue weighted by Crippen LogP contribution is 2.20. The molecule has 26 heavy (non-hydrogen) atoms. The summed E-state index contributed by atoms with van der Waals surface area (Å²) >= 11 is 0. The zero-order valence-corrected chi connectivity index (χ0v) is 16.7. The molecule has 3 rings (SSSR count). The normalized spacial score (nSPS) is 14.8. The molecule has 2 N–H and O–H groups in total. The Kier molecular flexibility index (Phi) is 6.78. The molecule has 1 aliphatic rings. The first kappa shape index (κ1) is 20.4. The summed E-state index contributed by atoms with van der Waals surface area (Å²) in [5.74, 6) is -0.156. The number of rotatable bonds is 4. The van der Waals surface area contributed by atoms with Gasteiger partial charge in [-0.25, -0.2) is 4.68 Å². The van der Waals surface area contributed by atoms with Crippen molar-refractivity contribution in [2.24, 2.45) is 0 Å². The molecule has 1 amide bonds. The fraction of sp³-hybridized carbons (Fsp3) is 0.526. The molecule has 1 saturated heterocycles. The highest BCUT2D eigenvalue weighted by atomic mass is 35.5. The first-order valence-electron chi connectivity index (χ1n) is 8.94. The number of hydrogen-bond acceptors (Lipinski definition) is 4. The summed E-state index contributed by atoms with van der Waals surface area (Å²) in [6.07, 6.45) is 2.04. The fourth-order valence-electron chi connectivity index (χ4n) is 3.69. The number of hydrogen-bond donors (Lipinski definition) is 2. The maximum atomic E-state index is 12.6. The predicted molar refractivity (Wildman–Crippen MR) is 105 cm³/mol.